The maximum Gasteiger partial charge on any atom is 0.335 e. The van der Waals surface area contributed by atoms with E-state index in [9.17, 15) is 13.2 Å². The van der Waals surface area contributed by atoms with Crippen LogP contribution in [0.4, 0.5) is 0 Å². The summed E-state index contributed by atoms with van der Waals surface area (Å²) in [4.78, 5) is 11.6. The van der Waals surface area contributed by atoms with Crippen LogP contribution in [-0.2, 0) is 9.84 Å². The van der Waals surface area contributed by atoms with Gasteiger partial charge in [-0.1, -0.05) is 19.1 Å². The summed E-state index contributed by atoms with van der Waals surface area (Å²) in [7, 11) is -3.18. The standard InChI is InChI=1S/C13H12O4S2/c1-2-19(16,17)12-8-7-11(18-12)9-3-5-10(6-4-9)13(14)15/h3-8H,2H2,1H3,(H,14,15). The summed E-state index contributed by atoms with van der Waals surface area (Å²) in [5.74, 6) is -0.905. The second-order valence-electron chi connectivity index (χ2n) is 3.90. The van der Waals surface area contributed by atoms with Gasteiger partial charge in [-0.2, -0.15) is 0 Å². The van der Waals surface area contributed by atoms with Crippen LogP contribution in [0.2, 0.25) is 0 Å². The first-order chi connectivity index (χ1) is 8.94. The Hall–Kier alpha value is -1.66. The largest absolute Gasteiger partial charge is 0.478 e. The van der Waals surface area contributed by atoms with Gasteiger partial charge in [0.05, 0.1) is 11.3 Å². The molecule has 1 N–H and O–H groups in total. The molecule has 6 heteroatoms. The molecule has 0 unspecified atom stereocenters. The van der Waals surface area contributed by atoms with E-state index in [1.165, 1.54) is 23.5 Å². The molecule has 1 aromatic heterocycles. The van der Waals surface area contributed by atoms with E-state index in [4.69, 9.17) is 5.11 Å². The number of carbonyl (C=O) groups is 1. The fraction of sp³-hybridized carbons (Fsp3) is 0.154. The van der Waals surface area contributed by atoms with Crippen LogP contribution < -0.4 is 0 Å². The van der Waals surface area contributed by atoms with Crippen LogP contribution in [0.15, 0.2) is 40.6 Å². The monoisotopic (exact) mass is 296 g/mol. The van der Waals surface area contributed by atoms with Gasteiger partial charge < -0.3 is 5.11 Å². The van der Waals surface area contributed by atoms with Gasteiger partial charge >= 0.3 is 5.97 Å². The Labute approximate surface area is 115 Å². The minimum absolute atomic E-state index is 0.0743. The number of hydrogen-bond donors (Lipinski definition) is 1. The van der Waals surface area contributed by atoms with E-state index >= 15 is 0 Å². The van der Waals surface area contributed by atoms with Gasteiger partial charge in [-0.05, 0) is 29.8 Å². The van der Waals surface area contributed by atoms with Crippen molar-refractivity contribution in [3.63, 3.8) is 0 Å². The Morgan fingerprint density at radius 2 is 1.79 bits per heavy atom. The molecule has 0 aliphatic heterocycles. The Morgan fingerprint density at radius 3 is 2.32 bits per heavy atom. The lowest BCUT2D eigenvalue weighted by molar-refractivity contribution is 0.0697. The molecule has 0 bridgehead atoms. The van der Waals surface area contributed by atoms with Crippen molar-refractivity contribution in [2.45, 2.75) is 11.1 Å². The third kappa shape index (κ3) is 2.85. The summed E-state index contributed by atoms with van der Waals surface area (Å²) in [5, 5.41) is 8.81. The topological polar surface area (TPSA) is 71.4 Å². The molecule has 100 valence electrons. The summed E-state index contributed by atoms with van der Waals surface area (Å²) in [6.07, 6.45) is 0. The van der Waals surface area contributed by atoms with Gasteiger partial charge in [0.1, 0.15) is 4.21 Å². The zero-order chi connectivity index (χ0) is 14.0. The van der Waals surface area contributed by atoms with Crippen LogP contribution in [0.1, 0.15) is 17.3 Å². The molecule has 2 rings (SSSR count). The van der Waals surface area contributed by atoms with Crippen molar-refractivity contribution in [1.29, 1.82) is 0 Å². The van der Waals surface area contributed by atoms with Gasteiger partial charge in [0.2, 0.25) is 0 Å². The number of thiophene rings is 1. The van der Waals surface area contributed by atoms with Crippen LogP contribution in [0.3, 0.4) is 0 Å². The number of carboxylic acids is 1. The zero-order valence-corrected chi connectivity index (χ0v) is 11.8. The van der Waals surface area contributed by atoms with Crippen LogP contribution in [0.25, 0.3) is 10.4 Å². The van der Waals surface area contributed by atoms with E-state index in [0.717, 1.165) is 10.4 Å². The fourth-order valence-corrected chi connectivity index (χ4v) is 4.00. The first-order valence-electron chi connectivity index (χ1n) is 5.60. The summed E-state index contributed by atoms with van der Waals surface area (Å²) >= 11 is 1.20. The molecule has 0 radical (unpaired) electrons. The van der Waals surface area contributed by atoms with Crippen molar-refractivity contribution in [3.05, 3.63) is 42.0 Å². The van der Waals surface area contributed by atoms with Crippen molar-refractivity contribution >= 4 is 27.1 Å². The van der Waals surface area contributed by atoms with Crippen LogP contribution in [0.5, 0.6) is 0 Å². The molecule has 0 fully saturated rings. The van der Waals surface area contributed by atoms with Crippen molar-refractivity contribution in [1.82, 2.24) is 0 Å². The first-order valence-corrected chi connectivity index (χ1v) is 8.07. The van der Waals surface area contributed by atoms with Crippen LogP contribution in [-0.4, -0.2) is 25.2 Å². The van der Waals surface area contributed by atoms with Crippen molar-refractivity contribution in [2.75, 3.05) is 5.75 Å². The molecule has 19 heavy (non-hydrogen) atoms. The molecular formula is C13H12O4S2. The minimum Gasteiger partial charge on any atom is -0.478 e. The lowest BCUT2D eigenvalue weighted by Crippen LogP contribution is -2.00. The quantitative estimate of drug-likeness (QED) is 0.941. The molecule has 4 nitrogen and oxygen atoms in total. The normalized spacial score (nSPS) is 11.4. The van der Waals surface area contributed by atoms with Crippen LogP contribution >= 0.6 is 11.3 Å². The average Bonchev–Trinajstić information content (AvgIpc) is 2.89. The lowest BCUT2D eigenvalue weighted by atomic mass is 10.1. The molecule has 0 aliphatic carbocycles. The van der Waals surface area contributed by atoms with Gasteiger partial charge in [0, 0.05) is 4.88 Å². The summed E-state index contributed by atoms with van der Waals surface area (Å²) in [5.41, 5.74) is 1.02. The predicted octanol–water partition coefficient (Wildman–Crippen LogP) is 2.91. The van der Waals surface area contributed by atoms with Crippen molar-refractivity contribution in [3.8, 4) is 10.4 Å². The third-order valence-electron chi connectivity index (χ3n) is 2.68. The van der Waals surface area contributed by atoms with Gasteiger partial charge in [0.15, 0.2) is 9.84 Å². The molecule has 0 amide bonds. The SMILES string of the molecule is CCS(=O)(=O)c1ccc(-c2ccc(C(=O)O)cc2)s1. The molecule has 1 heterocycles. The van der Waals surface area contributed by atoms with Crippen molar-refractivity contribution in [2.24, 2.45) is 0 Å². The second-order valence-corrected chi connectivity index (χ2v) is 7.49. The highest BCUT2D eigenvalue weighted by Gasteiger charge is 2.15. The fourth-order valence-electron chi connectivity index (χ4n) is 1.56. The zero-order valence-electron chi connectivity index (χ0n) is 10.2. The maximum atomic E-state index is 11.7. The maximum absolute atomic E-state index is 11.7. The number of rotatable bonds is 4. The number of carboxylic acid groups (broad SMARTS) is 1. The highest BCUT2D eigenvalue weighted by atomic mass is 32.2. The second kappa shape index (κ2) is 5.14. The van der Waals surface area contributed by atoms with Gasteiger partial charge in [-0.15, -0.1) is 11.3 Å². The van der Waals surface area contributed by atoms with E-state index < -0.39 is 15.8 Å². The first kappa shape index (κ1) is 13.8. The summed E-state index contributed by atoms with van der Waals surface area (Å²) in [6.45, 7) is 1.61. The number of sulfone groups is 1. The van der Waals surface area contributed by atoms with Gasteiger partial charge in [0.25, 0.3) is 0 Å². The predicted molar refractivity (Wildman–Crippen MR) is 74.4 cm³/mol. The third-order valence-corrected chi connectivity index (χ3v) is 6.13. The molecule has 0 spiro atoms. The molecule has 0 saturated carbocycles. The molecular weight excluding hydrogens is 284 g/mol. The van der Waals surface area contributed by atoms with E-state index in [2.05, 4.69) is 0 Å². The number of hydrogen-bond acceptors (Lipinski definition) is 4. The Morgan fingerprint density at radius 1 is 1.16 bits per heavy atom. The highest BCUT2D eigenvalue weighted by Crippen LogP contribution is 2.31. The number of aromatic carboxylic acids is 1. The lowest BCUT2D eigenvalue weighted by Gasteiger charge is -1.99. The van der Waals surface area contributed by atoms with E-state index in [-0.39, 0.29) is 11.3 Å². The average molecular weight is 296 g/mol. The molecule has 0 atom stereocenters. The Bertz CT molecular complexity index is 696. The molecule has 0 aliphatic rings. The molecule has 0 saturated heterocycles. The van der Waals surface area contributed by atoms with Crippen LogP contribution in [0, 0.1) is 0 Å². The Balaban J connectivity index is 2.36. The number of benzene rings is 1. The minimum atomic E-state index is -3.18. The highest BCUT2D eigenvalue weighted by molar-refractivity contribution is 7.93. The van der Waals surface area contributed by atoms with E-state index in [1.807, 2.05) is 0 Å². The Kier molecular flexibility index (Phi) is 3.73. The van der Waals surface area contributed by atoms with Gasteiger partial charge in [-0.3, -0.25) is 0 Å². The molecule has 1 aromatic carbocycles. The molecule has 2 aromatic rings. The van der Waals surface area contributed by atoms with E-state index in [0.29, 0.717) is 4.21 Å². The summed E-state index contributed by atoms with van der Waals surface area (Å²) in [6, 6.07) is 9.69. The van der Waals surface area contributed by atoms with Crippen molar-refractivity contribution < 1.29 is 18.3 Å². The smallest absolute Gasteiger partial charge is 0.335 e. The summed E-state index contributed by atoms with van der Waals surface area (Å²) < 4.78 is 23.8. The van der Waals surface area contributed by atoms with E-state index in [1.54, 1.807) is 31.2 Å². The van der Waals surface area contributed by atoms with Gasteiger partial charge in [-0.25, -0.2) is 13.2 Å².